The van der Waals surface area contributed by atoms with Crippen LogP contribution in [0.2, 0.25) is 10.0 Å². The van der Waals surface area contributed by atoms with Crippen molar-refractivity contribution in [3.8, 4) is 0 Å². The van der Waals surface area contributed by atoms with Crippen molar-refractivity contribution in [3.05, 3.63) is 68.2 Å². The quantitative estimate of drug-likeness (QED) is 0.628. The maximum absolute atomic E-state index is 12.4. The van der Waals surface area contributed by atoms with E-state index in [4.69, 9.17) is 23.2 Å². The van der Waals surface area contributed by atoms with Crippen LogP contribution in [-0.4, -0.2) is 17.9 Å². The van der Waals surface area contributed by atoms with E-state index in [0.717, 1.165) is 0 Å². The number of amides is 1. The number of hydrogen-bond donors (Lipinski definition) is 0. The molecule has 108 valence electrons. The number of nitrogens with zero attached hydrogens (tertiary/aromatic N) is 2. The van der Waals surface area contributed by atoms with Crippen LogP contribution < -0.4 is 4.90 Å². The molecule has 2 rings (SSSR count). The fraction of sp³-hybridized carbons (Fsp3) is 0.0714. The SMILES string of the molecule is CN(C(=O)c1cccc(Cl)c1[N+](=O)[O-])c1ccc(Cl)cc1. The largest absolute Gasteiger partial charge is 0.311 e. The molecule has 7 heteroatoms. The van der Waals surface area contributed by atoms with Crippen molar-refractivity contribution in [2.45, 2.75) is 0 Å². The number of hydrogen-bond acceptors (Lipinski definition) is 3. The average Bonchev–Trinajstić information content (AvgIpc) is 2.46. The summed E-state index contributed by atoms with van der Waals surface area (Å²) in [5, 5.41) is 11.5. The van der Waals surface area contributed by atoms with Crippen LogP contribution in [0, 0.1) is 10.1 Å². The molecule has 1 amide bonds. The average molecular weight is 325 g/mol. The van der Waals surface area contributed by atoms with Gasteiger partial charge in [-0.15, -0.1) is 0 Å². The van der Waals surface area contributed by atoms with Crippen LogP contribution in [0.4, 0.5) is 11.4 Å². The van der Waals surface area contributed by atoms with Gasteiger partial charge in [0.2, 0.25) is 0 Å². The van der Waals surface area contributed by atoms with E-state index in [0.29, 0.717) is 10.7 Å². The number of benzene rings is 2. The zero-order valence-corrected chi connectivity index (χ0v) is 12.4. The second-order valence-corrected chi connectivity index (χ2v) is 5.08. The molecule has 5 nitrogen and oxygen atoms in total. The molecule has 0 aliphatic rings. The summed E-state index contributed by atoms with van der Waals surface area (Å²) in [6, 6.07) is 10.8. The second-order valence-electron chi connectivity index (χ2n) is 4.23. The summed E-state index contributed by atoms with van der Waals surface area (Å²) in [4.78, 5) is 24.2. The normalized spacial score (nSPS) is 10.2. The highest BCUT2D eigenvalue weighted by atomic mass is 35.5. The van der Waals surface area contributed by atoms with Gasteiger partial charge in [0.1, 0.15) is 10.6 Å². The molecule has 0 unspecified atom stereocenters. The number of nitro benzene ring substituents is 1. The Kier molecular flexibility index (Phi) is 4.45. The van der Waals surface area contributed by atoms with Gasteiger partial charge in [0.25, 0.3) is 5.91 Å². The topological polar surface area (TPSA) is 63.5 Å². The molecule has 0 aliphatic heterocycles. The first-order chi connectivity index (χ1) is 9.91. The molecule has 0 aliphatic carbocycles. The Hall–Kier alpha value is -2.11. The lowest BCUT2D eigenvalue weighted by Gasteiger charge is -2.17. The predicted molar refractivity (Wildman–Crippen MR) is 82.3 cm³/mol. The molecule has 2 aromatic carbocycles. The molecular weight excluding hydrogens is 315 g/mol. The molecule has 0 spiro atoms. The minimum atomic E-state index is -0.661. The fourth-order valence-electron chi connectivity index (χ4n) is 1.84. The van der Waals surface area contributed by atoms with Crippen LogP contribution in [-0.2, 0) is 0 Å². The number of rotatable bonds is 3. The molecule has 0 atom stereocenters. The van der Waals surface area contributed by atoms with Crippen LogP contribution in [0.25, 0.3) is 0 Å². The van der Waals surface area contributed by atoms with E-state index in [9.17, 15) is 14.9 Å². The van der Waals surface area contributed by atoms with Crippen LogP contribution in [0.3, 0.4) is 0 Å². The lowest BCUT2D eigenvalue weighted by atomic mass is 10.1. The highest BCUT2D eigenvalue weighted by Gasteiger charge is 2.26. The number of para-hydroxylation sites is 1. The van der Waals surface area contributed by atoms with Crippen molar-refractivity contribution in [1.29, 1.82) is 0 Å². The Morgan fingerprint density at radius 3 is 2.33 bits per heavy atom. The first kappa shape index (κ1) is 15.3. The van der Waals surface area contributed by atoms with E-state index in [1.54, 1.807) is 24.3 Å². The third-order valence-electron chi connectivity index (χ3n) is 2.92. The van der Waals surface area contributed by atoms with Crippen LogP contribution in [0.15, 0.2) is 42.5 Å². The van der Waals surface area contributed by atoms with Crippen molar-refractivity contribution in [1.82, 2.24) is 0 Å². The molecule has 0 saturated heterocycles. The van der Waals surface area contributed by atoms with Gasteiger partial charge in [-0.1, -0.05) is 29.3 Å². The molecule has 0 aromatic heterocycles. The summed E-state index contributed by atoms with van der Waals surface area (Å²) in [5.41, 5.74) is 0.105. The third kappa shape index (κ3) is 3.15. The van der Waals surface area contributed by atoms with Crippen LogP contribution in [0.5, 0.6) is 0 Å². The number of anilines is 1. The summed E-state index contributed by atoms with van der Waals surface area (Å²) in [7, 11) is 1.52. The summed E-state index contributed by atoms with van der Waals surface area (Å²) in [6.45, 7) is 0. The molecule has 2 aromatic rings. The van der Waals surface area contributed by atoms with Gasteiger partial charge in [-0.3, -0.25) is 14.9 Å². The number of carbonyl (C=O) groups is 1. The molecule has 0 fully saturated rings. The monoisotopic (exact) mass is 324 g/mol. The second kappa shape index (κ2) is 6.11. The lowest BCUT2D eigenvalue weighted by Crippen LogP contribution is -2.26. The molecule has 0 saturated carbocycles. The van der Waals surface area contributed by atoms with Gasteiger partial charge in [0, 0.05) is 17.8 Å². The van der Waals surface area contributed by atoms with E-state index in [2.05, 4.69) is 0 Å². The van der Waals surface area contributed by atoms with Crippen LogP contribution >= 0.6 is 23.2 Å². The lowest BCUT2D eigenvalue weighted by molar-refractivity contribution is -0.385. The van der Waals surface area contributed by atoms with Crippen molar-refractivity contribution in [2.75, 3.05) is 11.9 Å². The fourth-order valence-corrected chi connectivity index (χ4v) is 2.21. The van der Waals surface area contributed by atoms with E-state index in [-0.39, 0.29) is 10.6 Å². The van der Waals surface area contributed by atoms with Crippen molar-refractivity contribution in [2.24, 2.45) is 0 Å². The molecule has 0 radical (unpaired) electrons. The number of nitro groups is 1. The summed E-state index contributed by atoms with van der Waals surface area (Å²) >= 11 is 11.6. The van der Waals surface area contributed by atoms with E-state index >= 15 is 0 Å². The first-order valence-corrected chi connectivity index (χ1v) is 6.64. The van der Waals surface area contributed by atoms with Gasteiger partial charge >= 0.3 is 5.69 Å². The zero-order valence-electron chi connectivity index (χ0n) is 10.9. The highest BCUT2D eigenvalue weighted by Crippen LogP contribution is 2.30. The smallest absolute Gasteiger partial charge is 0.300 e. The van der Waals surface area contributed by atoms with Crippen molar-refractivity contribution in [3.63, 3.8) is 0 Å². The molecule has 0 N–H and O–H groups in total. The Balaban J connectivity index is 2.43. The minimum absolute atomic E-state index is 0.0649. The van der Waals surface area contributed by atoms with E-state index < -0.39 is 16.5 Å². The van der Waals surface area contributed by atoms with Gasteiger partial charge < -0.3 is 4.90 Å². The number of carbonyl (C=O) groups excluding carboxylic acids is 1. The zero-order chi connectivity index (χ0) is 15.6. The van der Waals surface area contributed by atoms with Crippen LogP contribution in [0.1, 0.15) is 10.4 Å². The van der Waals surface area contributed by atoms with E-state index in [1.165, 1.54) is 30.1 Å². The highest BCUT2D eigenvalue weighted by molar-refractivity contribution is 6.33. The Bertz CT molecular complexity index is 702. The van der Waals surface area contributed by atoms with Gasteiger partial charge in [-0.05, 0) is 36.4 Å². The molecule has 21 heavy (non-hydrogen) atoms. The van der Waals surface area contributed by atoms with E-state index in [1.807, 2.05) is 0 Å². The predicted octanol–water partition coefficient (Wildman–Crippen LogP) is 4.18. The third-order valence-corrected chi connectivity index (χ3v) is 3.48. The molecule has 0 heterocycles. The van der Waals surface area contributed by atoms with Gasteiger partial charge in [0.15, 0.2) is 0 Å². The van der Waals surface area contributed by atoms with Gasteiger partial charge in [-0.2, -0.15) is 0 Å². The Labute approximate surface area is 130 Å². The van der Waals surface area contributed by atoms with Gasteiger partial charge in [-0.25, -0.2) is 0 Å². The maximum Gasteiger partial charge on any atom is 0.300 e. The Morgan fingerprint density at radius 2 is 1.76 bits per heavy atom. The summed E-state index contributed by atoms with van der Waals surface area (Å²) in [6.07, 6.45) is 0. The summed E-state index contributed by atoms with van der Waals surface area (Å²) in [5.74, 6) is -0.522. The molecule has 0 bridgehead atoms. The number of halogens is 2. The minimum Gasteiger partial charge on any atom is -0.311 e. The van der Waals surface area contributed by atoms with Gasteiger partial charge in [0.05, 0.1) is 4.92 Å². The first-order valence-electron chi connectivity index (χ1n) is 5.88. The summed E-state index contributed by atoms with van der Waals surface area (Å²) < 4.78 is 0. The van der Waals surface area contributed by atoms with Crippen molar-refractivity contribution >= 4 is 40.5 Å². The standard InChI is InChI=1S/C14H10Cl2N2O3/c1-17(10-7-5-9(15)6-8-10)14(19)11-3-2-4-12(16)13(11)18(20)21/h2-8H,1H3. The van der Waals surface area contributed by atoms with Crippen molar-refractivity contribution < 1.29 is 9.72 Å². The maximum atomic E-state index is 12.4. The molecular formula is C14H10Cl2N2O3. The Morgan fingerprint density at radius 1 is 1.14 bits per heavy atom.